The van der Waals surface area contributed by atoms with Crippen molar-refractivity contribution in [3.8, 4) is 0 Å². The van der Waals surface area contributed by atoms with Crippen LogP contribution in [0.5, 0.6) is 0 Å². The van der Waals surface area contributed by atoms with Gasteiger partial charge >= 0.3 is 0 Å². The number of aromatic nitrogens is 2. The van der Waals surface area contributed by atoms with Crippen molar-refractivity contribution in [3.05, 3.63) is 71.7 Å². The zero-order chi connectivity index (χ0) is 18.6. The lowest BCUT2D eigenvalue weighted by Gasteiger charge is -2.12. The Morgan fingerprint density at radius 2 is 1.54 bits per heavy atom. The second-order valence-corrected chi connectivity index (χ2v) is 8.67. The van der Waals surface area contributed by atoms with Crippen LogP contribution in [-0.4, -0.2) is 4.40 Å². The Bertz CT molecular complexity index is 1700. The van der Waals surface area contributed by atoms with Gasteiger partial charge in [0, 0.05) is 26.9 Å². The van der Waals surface area contributed by atoms with Crippen molar-refractivity contribution in [3.63, 3.8) is 0 Å². The fraction of sp³-hybridized carbons (Fsp3) is 0.0800. The highest BCUT2D eigenvalue weighted by Gasteiger charge is 2.26. The maximum Gasteiger partial charge on any atom is 0.225 e. The van der Waals surface area contributed by atoms with Gasteiger partial charge in [-0.2, -0.15) is 0 Å². The summed E-state index contributed by atoms with van der Waals surface area (Å²) in [6.45, 7) is 2.29. The summed E-state index contributed by atoms with van der Waals surface area (Å²) in [5.74, 6) is 0. The summed E-state index contributed by atoms with van der Waals surface area (Å²) < 4.78 is 6.16. The van der Waals surface area contributed by atoms with Crippen LogP contribution in [0.3, 0.4) is 0 Å². The monoisotopic (exact) mass is 377 g/mol. The molecule has 7 aromatic rings. The Kier molecular flexibility index (Phi) is 2.55. The van der Waals surface area contributed by atoms with Crippen LogP contribution in [0.1, 0.15) is 5.56 Å². The third kappa shape index (κ3) is 1.51. The number of benzene rings is 3. The summed E-state index contributed by atoms with van der Waals surface area (Å²) in [6.07, 6.45) is 2.21. The molecule has 3 heteroatoms. The third-order valence-corrected chi connectivity index (χ3v) is 7.34. The summed E-state index contributed by atoms with van der Waals surface area (Å²) in [5, 5.41) is 10.5. The van der Waals surface area contributed by atoms with Gasteiger partial charge < -0.3 is 4.40 Å². The van der Waals surface area contributed by atoms with Gasteiger partial charge in [0.25, 0.3) is 0 Å². The van der Waals surface area contributed by atoms with Crippen molar-refractivity contribution >= 4 is 70.4 Å². The highest BCUT2D eigenvalue weighted by atomic mass is 32.1. The van der Waals surface area contributed by atoms with Gasteiger partial charge in [0.05, 0.1) is 27.3 Å². The van der Waals surface area contributed by atoms with E-state index in [0.717, 1.165) is 0 Å². The average Bonchev–Trinajstić information content (AvgIpc) is 3.29. The summed E-state index contributed by atoms with van der Waals surface area (Å²) >= 11 is 1.84. The number of fused-ring (bicyclic) bond motifs is 7. The Labute approximate surface area is 165 Å². The molecule has 0 spiro atoms. The van der Waals surface area contributed by atoms with Gasteiger partial charge in [-0.15, -0.1) is 11.3 Å². The lowest BCUT2D eigenvalue weighted by molar-refractivity contribution is -0.643. The van der Waals surface area contributed by atoms with E-state index in [2.05, 4.69) is 89.1 Å². The highest BCUT2D eigenvalue weighted by molar-refractivity contribution is 7.18. The van der Waals surface area contributed by atoms with E-state index in [1.165, 1.54) is 64.6 Å². The van der Waals surface area contributed by atoms with E-state index in [9.17, 15) is 0 Å². The first kappa shape index (κ1) is 14.8. The standard InChI is InChI=1S/C25H17N2S/c1-14-15-7-3-4-8-16(15)22-17-9-5-6-10-18(17)27-19-13-28-20-11-12-26(2)24(23(19)20)21(14)25(22)27/h3-13H,1-2H3/q+1. The van der Waals surface area contributed by atoms with E-state index >= 15 is 0 Å². The zero-order valence-corrected chi connectivity index (χ0v) is 16.5. The smallest absolute Gasteiger partial charge is 0.225 e. The van der Waals surface area contributed by atoms with Gasteiger partial charge in [-0.05, 0) is 29.3 Å². The maximum atomic E-state index is 2.51. The number of hydrogen-bond acceptors (Lipinski definition) is 1. The molecule has 0 atom stereocenters. The first-order chi connectivity index (χ1) is 13.8. The predicted molar refractivity (Wildman–Crippen MR) is 120 cm³/mol. The molecule has 0 unspecified atom stereocenters. The number of para-hydroxylation sites is 1. The fourth-order valence-corrected chi connectivity index (χ4v) is 6.17. The number of thiophene rings is 1. The molecule has 0 aliphatic rings. The Balaban J connectivity index is 2.05. The molecule has 3 aromatic carbocycles. The van der Waals surface area contributed by atoms with Gasteiger partial charge in [0.2, 0.25) is 5.52 Å². The normalized spacial score (nSPS) is 12.6. The number of pyridine rings is 2. The van der Waals surface area contributed by atoms with E-state index in [4.69, 9.17) is 0 Å². The predicted octanol–water partition coefficient (Wildman–Crippen LogP) is 6.34. The van der Waals surface area contributed by atoms with E-state index in [1.807, 2.05) is 11.3 Å². The molecule has 0 fully saturated rings. The molecule has 7 rings (SSSR count). The molecule has 0 saturated heterocycles. The van der Waals surface area contributed by atoms with Crippen LogP contribution in [0, 0.1) is 6.92 Å². The molecule has 4 aromatic heterocycles. The molecule has 132 valence electrons. The fourth-order valence-electron chi connectivity index (χ4n) is 5.25. The summed E-state index contributed by atoms with van der Waals surface area (Å²) in [7, 11) is 2.18. The van der Waals surface area contributed by atoms with E-state index < -0.39 is 0 Å². The van der Waals surface area contributed by atoms with Crippen LogP contribution in [0.4, 0.5) is 0 Å². The molecule has 0 saturated carbocycles. The lowest BCUT2D eigenvalue weighted by Crippen LogP contribution is -2.28. The summed E-state index contributed by atoms with van der Waals surface area (Å²) in [5.41, 5.74) is 6.68. The molecule has 0 radical (unpaired) electrons. The largest absolute Gasteiger partial charge is 0.307 e. The van der Waals surface area contributed by atoms with Crippen LogP contribution < -0.4 is 4.57 Å². The minimum Gasteiger partial charge on any atom is -0.307 e. The number of nitrogens with zero attached hydrogens (tertiary/aromatic N) is 2. The Morgan fingerprint density at radius 1 is 0.786 bits per heavy atom. The second-order valence-electron chi connectivity index (χ2n) is 7.76. The van der Waals surface area contributed by atoms with E-state index in [0.29, 0.717) is 0 Å². The van der Waals surface area contributed by atoms with Gasteiger partial charge in [-0.1, -0.05) is 42.5 Å². The second kappa shape index (κ2) is 4.81. The number of rotatable bonds is 0. The minimum absolute atomic E-state index is 1.30. The van der Waals surface area contributed by atoms with Gasteiger partial charge in [0.15, 0.2) is 6.20 Å². The van der Waals surface area contributed by atoms with Crippen LogP contribution in [0.25, 0.3) is 59.1 Å². The molecule has 28 heavy (non-hydrogen) atoms. The highest BCUT2D eigenvalue weighted by Crippen LogP contribution is 2.45. The first-order valence-corrected chi connectivity index (χ1v) is 10.5. The van der Waals surface area contributed by atoms with E-state index in [1.54, 1.807) is 0 Å². The van der Waals surface area contributed by atoms with Crippen molar-refractivity contribution in [2.24, 2.45) is 7.05 Å². The van der Waals surface area contributed by atoms with Crippen LogP contribution in [0.15, 0.2) is 66.2 Å². The van der Waals surface area contributed by atoms with Crippen molar-refractivity contribution in [1.82, 2.24) is 4.40 Å². The molecule has 0 aliphatic heterocycles. The van der Waals surface area contributed by atoms with Gasteiger partial charge in [-0.25, -0.2) is 4.57 Å². The van der Waals surface area contributed by atoms with Crippen LogP contribution in [-0.2, 0) is 7.05 Å². The molecule has 0 amide bonds. The molecular formula is C25H17N2S+. The zero-order valence-electron chi connectivity index (χ0n) is 15.7. The molecule has 0 bridgehead atoms. The lowest BCUT2D eigenvalue weighted by atomic mass is 9.95. The molecular weight excluding hydrogens is 360 g/mol. The Hall–Kier alpha value is -3.17. The van der Waals surface area contributed by atoms with Crippen molar-refractivity contribution < 1.29 is 4.57 Å². The van der Waals surface area contributed by atoms with Crippen LogP contribution in [0.2, 0.25) is 0 Å². The van der Waals surface area contributed by atoms with Crippen LogP contribution >= 0.6 is 11.3 Å². The van der Waals surface area contributed by atoms with Crippen molar-refractivity contribution in [2.75, 3.05) is 0 Å². The first-order valence-electron chi connectivity index (χ1n) is 9.61. The molecule has 2 nitrogen and oxygen atoms in total. The van der Waals surface area contributed by atoms with Gasteiger partial charge in [-0.3, -0.25) is 0 Å². The molecule has 0 aliphatic carbocycles. The average molecular weight is 377 g/mol. The number of hydrogen-bond donors (Lipinski definition) is 0. The molecule has 0 N–H and O–H groups in total. The van der Waals surface area contributed by atoms with Gasteiger partial charge in [0.1, 0.15) is 7.05 Å². The number of aryl methyl sites for hydroxylation is 2. The third-order valence-electron chi connectivity index (χ3n) is 6.40. The summed E-state index contributed by atoms with van der Waals surface area (Å²) in [4.78, 5) is 0. The van der Waals surface area contributed by atoms with Crippen molar-refractivity contribution in [2.45, 2.75) is 6.92 Å². The van der Waals surface area contributed by atoms with E-state index in [-0.39, 0.29) is 0 Å². The maximum absolute atomic E-state index is 2.51. The topological polar surface area (TPSA) is 8.29 Å². The molecule has 4 heterocycles. The SMILES string of the molecule is Cc1c2ccccc2c2c3ccccc3n3c4csc5cc[n+](C)c(c1c23)c54. The van der Waals surface area contributed by atoms with Crippen molar-refractivity contribution in [1.29, 1.82) is 0 Å². The Morgan fingerprint density at radius 3 is 2.39 bits per heavy atom. The quantitative estimate of drug-likeness (QED) is 0.166. The summed E-state index contributed by atoms with van der Waals surface area (Å²) in [6, 6.07) is 20.0. The minimum atomic E-state index is 1.30.